The highest BCUT2D eigenvalue weighted by Crippen LogP contribution is 2.37. The van der Waals surface area contributed by atoms with Gasteiger partial charge in [0, 0.05) is 34.3 Å². The van der Waals surface area contributed by atoms with Crippen LogP contribution in [0.25, 0.3) is 85.6 Å². The second-order valence-corrected chi connectivity index (χ2v) is 12.9. The number of pyridine rings is 2. The zero-order chi connectivity index (χ0) is 29.0. The minimum atomic E-state index is 0.997. The molecule has 4 heterocycles. The molecule has 0 amide bonds. The van der Waals surface area contributed by atoms with Gasteiger partial charge in [-0.3, -0.25) is 9.97 Å². The quantitative estimate of drug-likeness (QED) is 0.202. The van der Waals surface area contributed by atoms with Crippen molar-refractivity contribution in [2.75, 3.05) is 0 Å². The number of benzene rings is 5. The Balaban J connectivity index is 1.04. The smallest absolute Gasteiger partial charge is 0.124 e. The van der Waals surface area contributed by atoms with Gasteiger partial charge in [0.15, 0.2) is 0 Å². The van der Waals surface area contributed by atoms with Crippen molar-refractivity contribution >= 4 is 64.9 Å². The maximum atomic E-state index is 5.02. The van der Waals surface area contributed by atoms with Crippen LogP contribution in [0.15, 0.2) is 134 Å². The van der Waals surface area contributed by atoms with E-state index in [0.29, 0.717) is 0 Å². The lowest BCUT2D eigenvalue weighted by molar-refractivity contribution is 1.41. The lowest BCUT2D eigenvalue weighted by Gasteiger charge is -2.06. The molecule has 9 rings (SSSR count). The van der Waals surface area contributed by atoms with Gasteiger partial charge in [-0.15, -0.1) is 22.7 Å². The number of nitrogens with zero attached hydrogens (tertiary/aromatic N) is 4. The van der Waals surface area contributed by atoms with Crippen molar-refractivity contribution in [2.45, 2.75) is 0 Å². The molecule has 0 spiro atoms. The Morgan fingerprint density at radius 2 is 0.841 bits per heavy atom. The Bertz CT molecular complexity index is 2360. The third-order valence-electron chi connectivity index (χ3n) is 8.00. The minimum Gasteiger partial charge on any atom is -0.256 e. The molecule has 0 bridgehead atoms. The van der Waals surface area contributed by atoms with E-state index >= 15 is 0 Å². The predicted octanol–water partition coefficient (Wildman–Crippen LogP) is 10.7. The van der Waals surface area contributed by atoms with Crippen LogP contribution in [0.2, 0.25) is 0 Å². The van der Waals surface area contributed by atoms with Crippen LogP contribution in [0.5, 0.6) is 0 Å². The van der Waals surface area contributed by atoms with Gasteiger partial charge in [0.2, 0.25) is 0 Å². The van der Waals surface area contributed by atoms with Crippen molar-refractivity contribution in [3.63, 3.8) is 0 Å². The van der Waals surface area contributed by atoms with Crippen molar-refractivity contribution in [3.05, 3.63) is 134 Å². The van der Waals surface area contributed by atoms with Crippen molar-refractivity contribution in [2.24, 2.45) is 0 Å². The Morgan fingerprint density at radius 1 is 0.364 bits per heavy atom. The molecule has 0 aliphatic heterocycles. The minimum absolute atomic E-state index is 0.997. The highest BCUT2D eigenvalue weighted by Gasteiger charge is 2.12. The summed E-state index contributed by atoms with van der Waals surface area (Å²) in [5, 5.41) is 4.29. The average Bonchev–Trinajstić information content (AvgIpc) is 3.72. The van der Waals surface area contributed by atoms with E-state index in [0.717, 1.165) is 65.1 Å². The Hall–Kier alpha value is -5.30. The summed E-state index contributed by atoms with van der Waals surface area (Å²) in [4.78, 5) is 18.9. The molecule has 0 aliphatic carbocycles. The molecule has 5 aromatic carbocycles. The summed E-state index contributed by atoms with van der Waals surface area (Å²) in [6.07, 6.45) is 3.66. The monoisotopic (exact) mass is 598 g/mol. The largest absolute Gasteiger partial charge is 0.256 e. The van der Waals surface area contributed by atoms with Gasteiger partial charge in [-0.1, -0.05) is 42.5 Å². The maximum Gasteiger partial charge on any atom is 0.124 e. The molecule has 0 saturated carbocycles. The van der Waals surface area contributed by atoms with Crippen LogP contribution in [0.3, 0.4) is 0 Å². The topological polar surface area (TPSA) is 51.6 Å². The summed E-state index contributed by atoms with van der Waals surface area (Å²) in [6.45, 7) is 0. The highest BCUT2D eigenvalue weighted by atomic mass is 32.1. The van der Waals surface area contributed by atoms with Crippen molar-refractivity contribution < 1.29 is 0 Å². The second kappa shape index (κ2) is 10.2. The van der Waals surface area contributed by atoms with Crippen molar-refractivity contribution in [1.29, 1.82) is 0 Å². The van der Waals surface area contributed by atoms with Crippen LogP contribution < -0.4 is 0 Å². The molecule has 0 aliphatic rings. The molecule has 4 aromatic heterocycles. The van der Waals surface area contributed by atoms with Crippen LogP contribution in [0.4, 0.5) is 0 Å². The second-order valence-electron chi connectivity index (χ2n) is 10.8. The fourth-order valence-electron chi connectivity index (χ4n) is 5.76. The van der Waals surface area contributed by atoms with E-state index in [9.17, 15) is 0 Å². The molecule has 4 nitrogen and oxygen atoms in total. The Kier molecular flexibility index (Phi) is 5.82. The lowest BCUT2D eigenvalue weighted by Crippen LogP contribution is -1.83. The lowest BCUT2D eigenvalue weighted by atomic mass is 9.99. The Morgan fingerprint density at radius 3 is 1.36 bits per heavy atom. The molecule has 0 N–H and O–H groups in total. The van der Waals surface area contributed by atoms with E-state index in [-0.39, 0.29) is 0 Å². The molecule has 0 unspecified atom stereocenters. The normalized spacial score (nSPS) is 11.6. The van der Waals surface area contributed by atoms with Crippen LogP contribution in [0, 0.1) is 0 Å². The molecule has 6 heteroatoms. The number of hydrogen-bond donors (Lipinski definition) is 0. The highest BCUT2D eigenvalue weighted by molar-refractivity contribution is 7.22. The molecule has 0 radical (unpaired) electrons. The summed E-state index contributed by atoms with van der Waals surface area (Å²) in [5.41, 5.74) is 10.9. The van der Waals surface area contributed by atoms with Crippen LogP contribution in [-0.2, 0) is 0 Å². The molecule has 44 heavy (non-hydrogen) atoms. The predicted molar refractivity (Wildman–Crippen MR) is 185 cm³/mol. The number of fused-ring (bicyclic) bond motifs is 4. The van der Waals surface area contributed by atoms with Gasteiger partial charge in [0.05, 0.1) is 31.5 Å². The molecular weight excluding hydrogens is 577 g/mol. The third-order valence-corrected chi connectivity index (χ3v) is 10.2. The van der Waals surface area contributed by atoms with E-state index in [1.165, 1.54) is 20.5 Å². The van der Waals surface area contributed by atoms with Crippen molar-refractivity contribution in [3.8, 4) is 43.4 Å². The van der Waals surface area contributed by atoms with E-state index in [4.69, 9.17) is 9.97 Å². The summed E-state index contributed by atoms with van der Waals surface area (Å²) in [5.74, 6) is 0. The number of hydrogen-bond acceptors (Lipinski definition) is 6. The fourth-order valence-corrected chi connectivity index (χ4v) is 7.64. The van der Waals surface area contributed by atoms with Crippen LogP contribution >= 0.6 is 22.7 Å². The van der Waals surface area contributed by atoms with E-state index in [1.807, 2.05) is 24.5 Å². The first-order valence-corrected chi connectivity index (χ1v) is 16.0. The van der Waals surface area contributed by atoms with Gasteiger partial charge in [-0.2, -0.15) is 0 Å². The fraction of sp³-hybridized carbons (Fsp3) is 0. The number of rotatable bonds is 4. The summed E-state index contributed by atoms with van der Waals surface area (Å²) >= 11 is 3.45. The van der Waals surface area contributed by atoms with E-state index in [2.05, 4.69) is 119 Å². The third kappa shape index (κ3) is 4.43. The first-order chi connectivity index (χ1) is 21.7. The van der Waals surface area contributed by atoms with Gasteiger partial charge in [-0.25, -0.2) is 9.97 Å². The molecule has 0 atom stereocenters. The van der Waals surface area contributed by atoms with Crippen LogP contribution in [0.1, 0.15) is 0 Å². The molecule has 0 saturated heterocycles. The van der Waals surface area contributed by atoms with Gasteiger partial charge >= 0.3 is 0 Å². The van der Waals surface area contributed by atoms with Gasteiger partial charge in [0.1, 0.15) is 10.0 Å². The standard InChI is InChI=1S/C38H22N4S2/c1-4-23(25-10-14-35-33(21-25)41-37(43-35)29-8-12-31-27(19-29)6-2-16-39-31)18-24(5-1)26-11-15-36-34(22-26)42-38(44-36)30-9-13-32-28(20-30)7-3-17-40-32/h1-22H. The first-order valence-electron chi connectivity index (χ1n) is 14.4. The van der Waals surface area contributed by atoms with E-state index in [1.54, 1.807) is 22.7 Å². The first kappa shape index (κ1) is 25.2. The molecular formula is C38H22N4S2. The molecule has 206 valence electrons. The Labute approximate surface area is 261 Å². The average molecular weight is 599 g/mol. The molecule has 9 aromatic rings. The number of aromatic nitrogens is 4. The van der Waals surface area contributed by atoms with Gasteiger partial charge < -0.3 is 0 Å². The summed E-state index contributed by atoms with van der Waals surface area (Å²) in [7, 11) is 0. The van der Waals surface area contributed by atoms with Crippen molar-refractivity contribution in [1.82, 2.24) is 19.9 Å². The van der Waals surface area contributed by atoms with Crippen LogP contribution in [-0.4, -0.2) is 19.9 Å². The zero-order valence-corrected chi connectivity index (χ0v) is 24.9. The van der Waals surface area contributed by atoms with Gasteiger partial charge in [-0.05, 0) is 101 Å². The van der Waals surface area contributed by atoms with E-state index < -0.39 is 0 Å². The van der Waals surface area contributed by atoms with Gasteiger partial charge in [0.25, 0.3) is 0 Å². The summed E-state index contributed by atoms with van der Waals surface area (Å²) < 4.78 is 2.36. The zero-order valence-electron chi connectivity index (χ0n) is 23.3. The maximum absolute atomic E-state index is 5.02. The SMILES string of the molecule is c1cc(-c2ccc3sc(-c4ccc5ncccc5c4)nc3c2)cc(-c2ccc3sc(-c4ccc5ncccc5c4)nc3c2)c1. The molecule has 0 fully saturated rings. The summed E-state index contributed by atoms with van der Waals surface area (Å²) in [6, 6.07) is 42.7. The number of thiazole rings is 2.